The highest BCUT2D eigenvalue weighted by Crippen LogP contribution is 2.17. The number of carbonyl (C=O) groups is 2. The van der Waals surface area contributed by atoms with Crippen LogP contribution in [0.3, 0.4) is 0 Å². The van der Waals surface area contributed by atoms with Gasteiger partial charge in [-0.1, -0.05) is 19.8 Å². The van der Waals surface area contributed by atoms with Gasteiger partial charge < -0.3 is 20.1 Å². The molecule has 0 aliphatic rings. The third-order valence-corrected chi connectivity index (χ3v) is 3.27. The van der Waals surface area contributed by atoms with Crippen LogP contribution < -0.4 is 5.32 Å². The lowest BCUT2D eigenvalue weighted by Crippen LogP contribution is -2.39. The predicted octanol–water partition coefficient (Wildman–Crippen LogP) is 1.95. The zero-order valence-electron chi connectivity index (χ0n) is 12.9. The SMILES string of the molecule is CCCC(CCNC(=O)N(C)CCOC)CCC(=O)O. The van der Waals surface area contributed by atoms with Crippen LogP contribution in [0.25, 0.3) is 0 Å². The molecule has 2 amide bonds. The van der Waals surface area contributed by atoms with Crippen LogP contribution in [-0.2, 0) is 9.53 Å². The van der Waals surface area contributed by atoms with E-state index < -0.39 is 5.97 Å². The Morgan fingerprint density at radius 1 is 1.30 bits per heavy atom. The normalized spacial score (nSPS) is 11.9. The molecule has 0 spiro atoms. The summed E-state index contributed by atoms with van der Waals surface area (Å²) in [5.74, 6) is -0.393. The van der Waals surface area contributed by atoms with Crippen molar-refractivity contribution in [1.29, 1.82) is 0 Å². The molecule has 20 heavy (non-hydrogen) atoms. The van der Waals surface area contributed by atoms with Gasteiger partial charge in [0.15, 0.2) is 0 Å². The van der Waals surface area contributed by atoms with Crippen LogP contribution >= 0.6 is 0 Å². The van der Waals surface area contributed by atoms with Crippen molar-refractivity contribution in [3.05, 3.63) is 0 Å². The highest BCUT2D eigenvalue weighted by atomic mass is 16.5. The summed E-state index contributed by atoms with van der Waals surface area (Å²) >= 11 is 0. The summed E-state index contributed by atoms with van der Waals surface area (Å²) in [5, 5.41) is 11.6. The number of carboxylic acids is 1. The first-order valence-electron chi connectivity index (χ1n) is 7.20. The molecule has 0 bridgehead atoms. The first kappa shape index (κ1) is 18.7. The summed E-state index contributed by atoms with van der Waals surface area (Å²) < 4.78 is 4.91. The molecule has 0 aromatic rings. The number of likely N-dealkylation sites (N-methyl/N-ethyl adjacent to an activating group) is 1. The number of amides is 2. The Morgan fingerprint density at radius 3 is 2.55 bits per heavy atom. The van der Waals surface area contributed by atoms with E-state index in [-0.39, 0.29) is 12.5 Å². The van der Waals surface area contributed by atoms with Crippen LogP contribution in [0.5, 0.6) is 0 Å². The highest BCUT2D eigenvalue weighted by molar-refractivity contribution is 5.73. The van der Waals surface area contributed by atoms with E-state index in [1.807, 2.05) is 0 Å². The molecule has 0 aromatic heterocycles. The lowest BCUT2D eigenvalue weighted by molar-refractivity contribution is -0.137. The van der Waals surface area contributed by atoms with Gasteiger partial charge in [-0.25, -0.2) is 4.79 Å². The minimum Gasteiger partial charge on any atom is -0.481 e. The number of hydrogen-bond acceptors (Lipinski definition) is 3. The third kappa shape index (κ3) is 9.61. The molecule has 6 heteroatoms. The second-order valence-electron chi connectivity index (χ2n) is 5.02. The number of nitrogens with zero attached hydrogens (tertiary/aromatic N) is 1. The van der Waals surface area contributed by atoms with Crippen molar-refractivity contribution in [3.63, 3.8) is 0 Å². The van der Waals surface area contributed by atoms with Gasteiger partial charge in [-0.3, -0.25) is 4.79 Å². The molecule has 1 atom stereocenters. The van der Waals surface area contributed by atoms with E-state index in [1.54, 1.807) is 19.1 Å². The fraction of sp³-hybridized carbons (Fsp3) is 0.857. The zero-order valence-corrected chi connectivity index (χ0v) is 12.9. The Morgan fingerprint density at radius 2 is 2.00 bits per heavy atom. The molecule has 0 rings (SSSR count). The lowest BCUT2D eigenvalue weighted by Gasteiger charge is -2.19. The van der Waals surface area contributed by atoms with E-state index in [9.17, 15) is 9.59 Å². The maximum atomic E-state index is 11.7. The highest BCUT2D eigenvalue weighted by Gasteiger charge is 2.12. The van der Waals surface area contributed by atoms with Crippen LogP contribution in [0.4, 0.5) is 4.79 Å². The van der Waals surface area contributed by atoms with Gasteiger partial charge in [0, 0.05) is 33.7 Å². The predicted molar refractivity (Wildman–Crippen MR) is 77.8 cm³/mol. The van der Waals surface area contributed by atoms with Crippen molar-refractivity contribution in [3.8, 4) is 0 Å². The number of aliphatic carboxylic acids is 1. The second-order valence-corrected chi connectivity index (χ2v) is 5.02. The van der Waals surface area contributed by atoms with E-state index in [1.165, 1.54) is 0 Å². The fourth-order valence-electron chi connectivity index (χ4n) is 2.02. The number of rotatable bonds is 11. The van der Waals surface area contributed by atoms with E-state index in [0.29, 0.717) is 32.0 Å². The van der Waals surface area contributed by atoms with Crippen LogP contribution in [0.15, 0.2) is 0 Å². The maximum absolute atomic E-state index is 11.7. The van der Waals surface area contributed by atoms with Crippen LogP contribution in [-0.4, -0.2) is 55.9 Å². The molecule has 0 saturated heterocycles. The molecule has 0 saturated carbocycles. The molecule has 1 unspecified atom stereocenters. The Kier molecular flexibility index (Phi) is 10.8. The quantitative estimate of drug-likeness (QED) is 0.609. The van der Waals surface area contributed by atoms with Gasteiger partial charge in [-0.2, -0.15) is 0 Å². The van der Waals surface area contributed by atoms with E-state index in [0.717, 1.165) is 19.3 Å². The second kappa shape index (κ2) is 11.5. The zero-order chi connectivity index (χ0) is 15.4. The molecule has 0 heterocycles. The van der Waals surface area contributed by atoms with Gasteiger partial charge in [-0.15, -0.1) is 0 Å². The van der Waals surface area contributed by atoms with Gasteiger partial charge in [0.05, 0.1) is 6.61 Å². The average molecular weight is 288 g/mol. The Hall–Kier alpha value is -1.30. The average Bonchev–Trinajstić information content (AvgIpc) is 2.41. The lowest BCUT2D eigenvalue weighted by atomic mass is 9.94. The topological polar surface area (TPSA) is 78.9 Å². The Labute approximate surface area is 121 Å². The van der Waals surface area contributed by atoms with E-state index in [4.69, 9.17) is 9.84 Å². The van der Waals surface area contributed by atoms with Crippen molar-refractivity contribution in [2.24, 2.45) is 5.92 Å². The largest absolute Gasteiger partial charge is 0.481 e. The smallest absolute Gasteiger partial charge is 0.317 e. The fourth-order valence-corrected chi connectivity index (χ4v) is 2.02. The van der Waals surface area contributed by atoms with E-state index >= 15 is 0 Å². The molecule has 0 radical (unpaired) electrons. The molecule has 0 aromatic carbocycles. The summed E-state index contributed by atoms with van der Waals surface area (Å²) in [7, 11) is 3.33. The van der Waals surface area contributed by atoms with Crippen molar-refractivity contribution in [2.75, 3.05) is 33.9 Å². The monoisotopic (exact) mass is 288 g/mol. The number of hydrogen-bond donors (Lipinski definition) is 2. The molecule has 0 aliphatic carbocycles. The molecule has 2 N–H and O–H groups in total. The number of nitrogens with one attached hydrogen (secondary N) is 1. The molecular weight excluding hydrogens is 260 g/mol. The van der Waals surface area contributed by atoms with Crippen molar-refractivity contribution in [1.82, 2.24) is 10.2 Å². The molecule has 0 aliphatic heterocycles. The Bertz CT molecular complexity index is 284. The van der Waals surface area contributed by atoms with Crippen molar-refractivity contribution in [2.45, 2.75) is 39.0 Å². The number of carbonyl (C=O) groups excluding carboxylic acids is 1. The van der Waals surface area contributed by atoms with Gasteiger partial charge in [0.1, 0.15) is 0 Å². The summed E-state index contributed by atoms with van der Waals surface area (Å²) in [6.45, 7) is 3.74. The minimum atomic E-state index is -0.755. The molecule has 118 valence electrons. The van der Waals surface area contributed by atoms with Crippen LogP contribution in [0.1, 0.15) is 39.0 Å². The summed E-state index contributed by atoms with van der Waals surface area (Å²) in [6.07, 6.45) is 3.74. The first-order chi connectivity index (χ1) is 9.51. The van der Waals surface area contributed by atoms with Crippen molar-refractivity contribution < 1.29 is 19.4 Å². The number of ether oxygens (including phenoxy) is 1. The number of urea groups is 1. The van der Waals surface area contributed by atoms with Gasteiger partial charge >= 0.3 is 12.0 Å². The van der Waals surface area contributed by atoms with Crippen LogP contribution in [0.2, 0.25) is 0 Å². The first-order valence-corrected chi connectivity index (χ1v) is 7.20. The molecular formula is C14H28N2O4. The minimum absolute atomic E-state index is 0.115. The Balaban J connectivity index is 3.91. The summed E-state index contributed by atoms with van der Waals surface area (Å²) in [4.78, 5) is 23.9. The summed E-state index contributed by atoms with van der Waals surface area (Å²) in [5.41, 5.74) is 0. The van der Waals surface area contributed by atoms with Gasteiger partial charge in [-0.05, 0) is 18.8 Å². The third-order valence-electron chi connectivity index (χ3n) is 3.27. The number of carboxylic acid groups (broad SMARTS) is 1. The van der Waals surface area contributed by atoms with Gasteiger partial charge in [0.25, 0.3) is 0 Å². The summed E-state index contributed by atoms with van der Waals surface area (Å²) in [6, 6.07) is -0.115. The van der Waals surface area contributed by atoms with Gasteiger partial charge in [0.2, 0.25) is 0 Å². The maximum Gasteiger partial charge on any atom is 0.317 e. The van der Waals surface area contributed by atoms with Crippen LogP contribution in [0, 0.1) is 5.92 Å². The van der Waals surface area contributed by atoms with E-state index in [2.05, 4.69) is 12.2 Å². The standard InChI is InChI=1S/C14H28N2O4/c1-4-5-12(6-7-13(17)18)8-9-15-14(19)16(2)10-11-20-3/h12H,4-11H2,1-3H3,(H,15,19)(H,17,18). The molecule has 6 nitrogen and oxygen atoms in total. The molecule has 0 fully saturated rings. The van der Waals surface area contributed by atoms with Crippen molar-refractivity contribution >= 4 is 12.0 Å². The number of methoxy groups -OCH3 is 1.